The first-order valence-corrected chi connectivity index (χ1v) is 8.82. The first kappa shape index (κ1) is 14.3. The minimum Gasteiger partial charge on any atom is -0.298 e. The summed E-state index contributed by atoms with van der Waals surface area (Å²) in [5.41, 5.74) is 6.60. The molecule has 0 saturated carbocycles. The second-order valence-corrected chi connectivity index (χ2v) is 7.35. The summed E-state index contributed by atoms with van der Waals surface area (Å²) < 4.78 is 2.10. The third kappa shape index (κ3) is 2.60. The van der Waals surface area contributed by atoms with Crippen molar-refractivity contribution in [2.75, 3.05) is 5.32 Å². The number of anilines is 1. The van der Waals surface area contributed by atoms with E-state index in [9.17, 15) is 4.79 Å². The number of carbonyl (C=O) groups is 1. The molecule has 0 saturated heterocycles. The van der Waals surface area contributed by atoms with Crippen molar-refractivity contribution >= 4 is 54.1 Å². The fourth-order valence-corrected chi connectivity index (χ4v) is 4.34. The molecule has 4 aromatic rings. The van der Waals surface area contributed by atoms with Crippen molar-refractivity contribution in [1.29, 1.82) is 0 Å². The molecule has 1 amide bonds. The predicted octanol–water partition coefficient (Wildman–Crippen LogP) is 4.78. The maximum atomic E-state index is 12.4. The number of hydrogen-bond acceptors (Lipinski definition) is 5. The van der Waals surface area contributed by atoms with Gasteiger partial charge in [-0.3, -0.25) is 10.1 Å². The molecule has 4 rings (SSSR count). The Morgan fingerprint density at radius 1 is 1.13 bits per heavy atom. The van der Waals surface area contributed by atoms with Crippen LogP contribution >= 0.6 is 22.7 Å². The molecular formula is C17H13N3OS2. The minimum absolute atomic E-state index is 0.145. The van der Waals surface area contributed by atoms with Gasteiger partial charge in [-0.2, -0.15) is 0 Å². The maximum Gasteiger partial charge on any atom is 0.257 e. The summed E-state index contributed by atoms with van der Waals surface area (Å²) in [4.78, 5) is 21.2. The van der Waals surface area contributed by atoms with Crippen LogP contribution in [0, 0.1) is 13.8 Å². The lowest BCUT2D eigenvalue weighted by molar-refractivity contribution is 0.102. The molecule has 23 heavy (non-hydrogen) atoms. The Morgan fingerprint density at radius 2 is 2.00 bits per heavy atom. The van der Waals surface area contributed by atoms with E-state index < -0.39 is 0 Å². The molecule has 4 nitrogen and oxygen atoms in total. The molecule has 2 aromatic heterocycles. The van der Waals surface area contributed by atoms with Gasteiger partial charge in [0.05, 0.1) is 25.9 Å². The predicted molar refractivity (Wildman–Crippen MR) is 96.7 cm³/mol. The number of thiazole rings is 2. The van der Waals surface area contributed by atoms with E-state index in [2.05, 4.69) is 34.3 Å². The molecule has 0 unspecified atom stereocenters. The third-order valence-corrected chi connectivity index (χ3v) is 5.35. The van der Waals surface area contributed by atoms with E-state index >= 15 is 0 Å². The van der Waals surface area contributed by atoms with Crippen LogP contribution in [0.2, 0.25) is 0 Å². The molecule has 1 N–H and O–H groups in total. The van der Waals surface area contributed by atoms with E-state index in [1.165, 1.54) is 28.2 Å². The smallest absolute Gasteiger partial charge is 0.257 e. The van der Waals surface area contributed by atoms with Crippen LogP contribution in [0.25, 0.3) is 20.4 Å². The van der Waals surface area contributed by atoms with E-state index in [1.807, 2.05) is 19.1 Å². The number of amides is 1. The summed E-state index contributed by atoms with van der Waals surface area (Å²) in [6.07, 6.45) is 0. The van der Waals surface area contributed by atoms with Gasteiger partial charge >= 0.3 is 0 Å². The second kappa shape index (κ2) is 5.40. The fourth-order valence-electron chi connectivity index (χ4n) is 2.59. The third-order valence-electron chi connectivity index (χ3n) is 3.64. The number of aryl methyl sites for hydroxylation is 2. The largest absolute Gasteiger partial charge is 0.298 e. The van der Waals surface area contributed by atoms with Gasteiger partial charge < -0.3 is 0 Å². The van der Waals surface area contributed by atoms with E-state index in [1.54, 1.807) is 11.6 Å². The van der Waals surface area contributed by atoms with Gasteiger partial charge in [0.15, 0.2) is 5.13 Å². The van der Waals surface area contributed by atoms with Gasteiger partial charge in [0.2, 0.25) is 0 Å². The monoisotopic (exact) mass is 339 g/mol. The Hall–Kier alpha value is -2.31. The highest BCUT2D eigenvalue weighted by Crippen LogP contribution is 2.29. The van der Waals surface area contributed by atoms with Crippen molar-refractivity contribution in [3.05, 3.63) is 52.5 Å². The fraction of sp³-hybridized carbons (Fsp3) is 0.118. The van der Waals surface area contributed by atoms with Gasteiger partial charge in [-0.25, -0.2) is 9.97 Å². The van der Waals surface area contributed by atoms with E-state index in [0.29, 0.717) is 10.7 Å². The molecule has 6 heteroatoms. The van der Waals surface area contributed by atoms with Crippen LogP contribution in [0.3, 0.4) is 0 Å². The van der Waals surface area contributed by atoms with Crippen molar-refractivity contribution in [1.82, 2.24) is 9.97 Å². The Kier molecular flexibility index (Phi) is 3.36. The van der Waals surface area contributed by atoms with Crippen LogP contribution in [-0.2, 0) is 0 Å². The van der Waals surface area contributed by atoms with Gasteiger partial charge in [0.25, 0.3) is 5.91 Å². The van der Waals surface area contributed by atoms with Crippen LogP contribution in [0.4, 0.5) is 5.13 Å². The Labute approximate surface area is 140 Å². The van der Waals surface area contributed by atoms with Crippen LogP contribution in [0.5, 0.6) is 0 Å². The van der Waals surface area contributed by atoms with Gasteiger partial charge in [0, 0.05) is 5.56 Å². The van der Waals surface area contributed by atoms with Crippen LogP contribution < -0.4 is 5.32 Å². The Balaban J connectivity index is 1.66. The molecule has 0 bridgehead atoms. The number of hydrogen-bond donors (Lipinski definition) is 1. The highest BCUT2D eigenvalue weighted by atomic mass is 32.1. The topological polar surface area (TPSA) is 54.9 Å². The number of fused-ring (bicyclic) bond motifs is 2. The second-order valence-electron chi connectivity index (χ2n) is 5.44. The molecule has 0 spiro atoms. The van der Waals surface area contributed by atoms with Crippen LogP contribution in [-0.4, -0.2) is 15.9 Å². The molecule has 2 aromatic carbocycles. The molecule has 0 radical (unpaired) electrons. The average Bonchev–Trinajstić information content (AvgIpc) is 3.12. The van der Waals surface area contributed by atoms with Crippen molar-refractivity contribution in [3.63, 3.8) is 0 Å². The normalized spacial score (nSPS) is 11.2. The summed E-state index contributed by atoms with van der Waals surface area (Å²) in [5, 5.41) is 3.53. The molecule has 0 aliphatic heterocycles. The lowest BCUT2D eigenvalue weighted by Gasteiger charge is -2.01. The van der Waals surface area contributed by atoms with Gasteiger partial charge in [0.1, 0.15) is 0 Å². The van der Waals surface area contributed by atoms with Crippen LogP contribution in [0.1, 0.15) is 21.5 Å². The molecule has 0 aliphatic rings. The van der Waals surface area contributed by atoms with E-state index in [0.717, 1.165) is 26.0 Å². The quantitative estimate of drug-likeness (QED) is 0.572. The molecule has 0 fully saturated rings. The van der Waals surface area contributed by atoms with E-state index in [4.69, 9.17) is 0 Å². The molecule has 114 valence electrons. The molecular weight excluding hydrogens is 326 g/mol. The lowest BCUT2D eigenvalue weighted by Crippen LogP contribution is -2.11. The number of rotatable bonds is 2. The first-order valence-electron chi connectivity index (χ1n) is 7.12. The highest BCUT2D eigenvalue weighted by Gasteiger charge is 2.12. The van der Waals surface area contributed by atoms with Crippen LogP contribution in [0.15, 0.2) is 35.8 Å². The van der Waals surface area contributed by atoms with Gasteiger partial charge in [-0.05, 0) is 49.2 Å². The zero-order valence-electron chi connectivity index (χ0n) is 12.6. The van der Waals surface area contributed by atoms with Gasteiger partial charge in [-0.15, -0.1) is 11.3 Å². The lowest BCUT2D eigenvalue weighted by atomic mass is 10.1. The SMILES string of the molecule is Cc1cc(C)c2nc(NC(=O)c3ccc4ncsc4c3)sc2c1. The van der Waals surface area contributed by atoms with Crippen molar-refractivity contribution < 1.29 is 4.79 Å². The molecule has 2 heterocycles. The number of nitrogens with one attached hydrogen (secondary N) is 1. The Bertz CT molecular complexity index is 1050. The summed E-state index contributed by atoms with van der Waals surface area (Å²) in [7, 11) is 0. The summed E-state index contributed by atoms with van der Waals surface area (Å²) in [5.74, 6) is -0.145. The number of aromatic nitrogens is 2. The molecule has 0 aliphatic carbocycles. The summed E-state index contributed by atoms with van der Waals surface area (Å²) in [6, 6.07) is 9.72. The Morgan fingerprint density at radius 3 is 2.87 bits per heavy atom. The van der Waals surface area contributed by atoms with Crippen molar-refractivity contribution in [2.24, 2.45) is 0 Å². The number of benzene rings is 2. The summed E-state index contributed by atoms with van der Waals surface area (Å²) in [6.45, 7) is 4.10. The number of nitrogens with zero attached hydrogens (tertiary/aromatic N) is 2. The zero-order valence-corrected chi connectivity index (χ0v) is 14.2. The number of carbonyl (C=O) groups excluding carboxylic acids is 1. The van der Waals surface area contributed by atoms with Gasteiger partial charge in [-0.1, -0.05) is 17.4 Å². The van der Waals surface area contributed by atoms with Crippen molar-refractivity contribution in [2.45, 2.75) is 13.8 Å². The average molecular weight is 339 g/mol. The van der Waals surface area contributed by atoms with Crippen molar-refractivity contribution in [3.8, 4) is 0 Å². The standard InChI is InChI=1S/C17H13N3OS2/c1-9-5-10(2)15-14(6-9)23-17(19-15)20-16(21)11-3-4-12-13(7-11)22-8-18-12/h3-8H,1-2H3,(H,19,20,21). The summed E-state index contributed by atoms with van der Waals surface area (Å²) >= 11 is 3.03. The molecule has 0 atom stereocenters. The minimum atomic E-state index is -0.145. The first-order chi connectivity index (χ1) is 11.1. The maximum absolute atomic E-state index is 12.4. The van der Waals surface area contributed by atoms with E-state index in [-0.39, 0.29) is 5.91 Å². The zero-order chi connectivity index (χ0) is 16.0. The highest BCUT2D eigenvalue weighted by molar-refractivity contribution is 7.22.